The van der Waals surface area contributed by atoms with Crippen molar-refractivity contribution in [2.75, 3.05) is 38.3 Å². The van der Waals surface area contributed by atoms with Crippen molar-refractivity contribution in [1.29, 1.82) is 0 Å². The molecule has 2 aliphatic rings. The lowest BCUT2D eigenvalue weighted by atomic mass is 9.92. The predicted molar refractivity (Wildman–Crippen MR) is 105 cm³/mol. The van der Waals surface area contributed by atoms with Crippen LogP contribution in [-0.4, -0.2) is 61.6 Å². The molecule has 2 unspecified atom stereocenters. The summed E-state index contributed by atoms with van der Waals surface area (Å²) in [4.78, 5) is 19.6. The summed E-state index contributed by atoms with van der Waals surface area (Å²) in [5.74, 6) is 0.437. The van der Waals surface area contributed by atoms with Crippen LogP contribution in [0.25, 0.3) is 10.2 Å². The van der Waals surface area contributed by atoms with Crippen molar-refractivity contribution in [3.8, 4) is 5.75 Å². The first-order valence-corrected chi connectivity index (χ1v) is 10.3. The van der Waals surface area contributed by atoms with Gasteiger partial charge in [0.05, 0.1) is 42.9 Å². The molecule has 1 saturated carbocycles. The molecule has 1 amide bonds. The highest BCUT2D eigenvalue weighted by Crippen LogP contribution is 2.38. The summed E-state index contributed by atoms with van der Waals surface area (Å²) in [6.45, 7) is 3.02. The first kappa shape index (κ1) is 18.5. The van der Waals surface area contributed by atoms with E-state index in [1.54, 1.807) is 7.11 Å². The van der Waals surface area contributed by atoms with Gasteiger partial charge in [0.15, 0.2) is 5.01 Å². The van der Waals surface area contributed by atoms with Gasteiger partial charge in [-0.25, -0.2) is 4.98 Å². The molecule has 1 aliphatic carbocycles. The Morgan fingerprint density at radius 3 is 2.85 bits per heavy atom. The molecule has 0 radical (unpaired) electrons. The van der Waals surface area contributed by atoms with E-state index in [1.165, 1.54) is 11.3 Å². The van der Waals surface area contributed by atoms with Gasteiger partial charge in [0.2, 0.25) is 0 Å². The third kappa shape index (κ3) is 3.74. The summed E-state index contributed by atoms with van der Waals surface area (Å²) in [6, 6.07) is 3.73. The van der Waals surface area contributed by atoms with Gasteiger partial charge in [0.25, 0.3) is 5.91 Å². The molecule has 1 saturated heterocycles. The van der Waals surface area contributed by atoms with Crippen molar-refractivity contribution < 1.29 is 19.4 Å². The zero-order valence-electron chi connectivity index (χ0n) is 15.4. The largest absolute Gasteiger partial charge is 0.494 e. The fraction of sp³-hybridized carbons (Fsp3) is 0.579. The number of nitrogens with zero attached hydrogens (tertiary/aromatic N) is 2. The zero-order valence-corrected chi connectivity index (χ0v) is 16.3. The average molecular weight is 391 g/mol. The minimum Gasteiger partial charge on any atom is -0.494 e. The number of morpholine rings is 1. The van der Waals surface area contributed by atoms with Crippen molar-refractivity contribution >= 4 is 33.1 Å². The minimum absolute atomic E-state index is 0.195. The summed E-state index contributed by atoms with van der Waals surface area (Å²) in [7, 11) is 1.61. The van der Waals surface area contributed by atoms with Gasteiger partial charge in [-0.15, -0.1) is 11.3 Å². The molecule has 1 aromatic heterocycles. The minimum atomic E-state index is -0.476. The molecule has 8 heteroatoms. The molecule has 27 heavy (non-hydrogen) atoms. The Bertz CT molecular complexity index is 819. The average Bonchev–Trinajstić information content (AvgIpc) is 3.15. The lowest BCUT2D eigenvalue weighted by Crippen LogP contribution is -2.45. The maximum atomic E-state index is 12.8. The Kier molecular flexibility index (Phi) is 5.47. The topological polar surface area (TPSA) is 83.9 Å². The number of aliphatic hydroxyl groups is 1. The smallest absolute Gasteiger partial charge is 0.280 e. The van der Waals surface area contributed by atoms with Crippen LogP contribution in [0, 0.1) is 0 Å². The van der Waals surface area contributed by atoms with Crippen LogP contribution in [0.1, 0.15) is 35.5 Å². The Morgan fingerprint density at radius 1 is 1.33 bits per heavy atom. The van der Waals surface area contributed by atoms with E-state index in [1.807, 2.05) is 12.1 Å². The summed E-state index contributed by atoms with van der Waals surface area (Å²) in [5, 5.41) is 13.5. The highest BCUT2D eigenvalue weighted by atomic mass is 32.1. The molecule has 7 nitrogen and oxygen atoms in total. The van der Waals surface area contributed by atoms with Crippen LogP contribution in [0.15, 0.2) is 12.1 Å². The van der Waals surface area contributed by atoms with Crippen LogP contribution >= 0.6 is 11.3 Å². The molecule has 0 bridgehead atoms. The molecule has 1 aromatic carbocycles. The van der Waals surface area contributed by atoms with E-state index < -0.39 is 6.10 Å². The second kappa shape index (κ2) is 8.00. The van der Waals surface area contributed by atoms with E-state index in [4.69, 9.17) is 9.47 Å². The Balaban J connectivity index is 1.64. The number of thiazole rings is 1. The number of aromatic nitrogens is 1. The number of aliphatic hydroxyl groups excluding tert-OH is 1. The van der Waals surface area contributed by atoms with Crippen molar-refractivity contribution in [2.24, 2.45) is 0 Å². The van der Waals surface area contributed by atoms with Gasteiger partial charge >= 0.3 is 0 Å². The summed E-state index contributed by atoms with van der Waals surface area (Å²) < 4.78 is 11.9. The van der Waals surface area contributed by atoms with Gasteiger partial charge in [0.1, 0.15) is 11.3 Å². The van der Waals surface area contributed by atoms with Gasteiger partial charge in [-0.2, -0.15) is 0 Å². The Labute approximate surface area is 162 Å². The normalized spacial score (nSPS) is 23.4. The highest BCUT2D eigenvalue weighted by Gasteiger charge is 2.27. The monoisotopic (exact) mass is 391 g/mol. The number of fused-ring (bicyclic) bond motifs is 1. The van der Waals surface area contributed by atoms with E-state index in [-0.39, 0.29) is 11.9 Å². The molecule has 0 spiro atoms. The second-order valence-electron chi connectivity index (χ2n) is 7.01. The van der Waals surface area contributed by atoms with Crippen molar-refractivity contribution in [3.63, 3.8) is 0 Å². The first-order chi connectivity index (χ1) is 13.2. The van der Waals surface area contributed by atoms with Crippen LogP contribution in [0.4, 0.5) is 5.69 Å². The lowest BCUT2D eigenvalue weighted by molar-refractivity contribution is 0.0717. The van der Waals surface area contributed by atoms with E-state index >= 15 is 0 Å². The van der Waals surface area contributed by atoms with Crippen LogP contribution in [0.3, 0.4) is 0 Å². The summed E-state index contributed by atoms with van der Waals surface area (Å²) in [6.07, 6.45) is 3.10. The fourth-order valence-corrected chi connectivity index (χ4v) is 4.82. The molecular formula is C19H25N3O4S. The van der Waals surface area contributed by atoms with Crippen molar-refractivity contribution in [1.82, 2.24) is 10.3 Å². The number of carbonyl (C=O) groups excluding carboxylic acids is 1. The summed E-state index contributed by atoms with van der Waals surface area (Å²) >= 11 is 1.38. The molecule has 2 aromatic rings. The number of methoxy groups -OCH3 is 1. The lowest BCUT2D eigenvalue weighted by Gasteiger charge is -2.29. The number of nitrogens with one attached hydrogen (secondary N) is 1. The fourth-order valence-electron chi connectivity index (χ4n) is 3.79. The summed E-state index contributed by atoms with van der Waals surface area (Å²) in [5.41, 5.74) is 1.77. The third-order valence-corrected chi connectivity index (χ3v) is 6.37. The van der Waals surface area contributed by atoms with Crippen LogP contribution in [0.5, 0.6) is 5.75 Å². The van der Waals surface area contributed by atoms with Gasteiger partial charge in [-0.05, 0) is 25.0 Å². The maximum absolute atomic E-state index is 12.8. The predicted octanol–water partition coefficient (Wildman–Crippen LogP) is 2.17. The van der Waals surface area contributed by atoms with Crippen molar-refractivity contribution in [3.05, 3.63) is 17.1 Å². The highest BCUT2D eigenvalue weighted by molar-refractivity contribution is 7.21. The van der Waals surface area contributed by atoms with Crippen LogP contribution in [-0.2, 0) is 4.74 Å². The molecular weight excluding hydrogens is 366 g/mol. The van der Waals surface area contributed by atoms with Gasteiger partial charge in [-0.1, -0.05) is 12.8 Å². The first-order valence-electron chi connectivity index (χ1n) is 9.46. The molecule has 4 rings (SSSR count). The maximum Gasteiger partial charge on any atom is 0.280 e. The zero-order chi connectivity index (χ0) is 18.8. The quantitative estimate of drug-likeness (QED) is 0.831. The van der Waals surface area contributed by atoms with E-state index in [0.29, 0.717) is 29.5 Å². The number of amides is 1. The number of anilines is 1. The number of hydrogen-bond acceptors (Lipinski definition) is 7. The van der Waals surface area contributed by atoms with Gasteiger partial charge < -0.3 is 24.8 Å². The van der Waals surface area contributed by atoms with Crippen LogP contribution in [0.2, 0.25) is 0 Å². The molecule has 2 heterocycles. The molecule has 2 atom stereocenters. The number of ether oxygens (including phenoxy) is 2. The number of carbonyl (C=O) groups is 1. The van der Waals surface area contributed by atoms with Gasteiger partial charge in [-0.3, -0.25) is 4.79 Å². The molecule has 1 aliphatic heterocycles. The molecule has 2 N–H and O–H groups in total. The van der Waals surface area contributed by atoms with Crippen molar-refractivity contribution in [2.45, 2.75) is 37.8 Å². The number of rotatable bonds is 4. The SMILES string of the molecule is COc1ccc(N2CCOCC2)c2sc(C(=O)NC3CCCCC3O)nc12. The van der Waals surface area contributed by atoms with E-state index in [0.717, 1.165) is 49.2 Å². The standard InChI is InChI=1S/C19H25N3O4S/c1-25-15-7-6-13(22-8-10-26-11-9-22)17-16(15)21-19(27-17)18(24)20-12-4-2-3-5-14(12)23/h6-7,12,14,23H,2-5,8-11H2,1H3,(H,20,24). The number of hydrogen-bond donors (Lipinski definition) is 2. The van der Waals surface area contributed by atoms with E-state index in [2.05, 4.69) is 15.2 Å². The Hall–Kier alpha value is -1.90. The van der Waals surface area contributed by atoms with E-state index in [9.17, 15) is 9.90 Å². The third-order valence-electron chi connectivity index (χ3n) is 5.30. The second-order valence-corrected chi connectivity index (χ2v) is 8.01. The Morgan fingerprint density at radius 2 is 2.11 bits per heavy atom. The number of benzene rings is 1. The molecule has 2 fully saturated rings. The molecule has 146 valence electrons. The van der Waals surface area contributed by atoms with Crippen LogP contribution < -0.4 is 15.0 Å². The van der Waals surface area contributed by atoms with Gasteiger partial charge in [0, 0.05) is 13.1 Å².